The molecule has 4 rings (SSSR count). The molecule has 1 N–H and O–H groups in total. The van der Waals surface area contributed by atoms with Crippen molar-refractivity contribution in [3.63, 3.8) is 0 Å². The van der Waals surface area contributed by atoms with Gasteiger partial charge in [0.15, 0.2) is 5.78 Å². The van der Waals surface area contributed by atoms with Gasteiger partial charge in [0.05, 0.1) is 17.8 Å². The third-order valence-corrected chi connectivity index (χ3v) is 7.34. The van der Waals surface area contributed by atoms with Gasteiger partial charge >= 0.3 is 0 Å². The largest absolute Gasteiger partial charge is 0.389 e. The van der Waals surface area contributed by atoms with Gasteiger partial charge in [0, 0.05) is 5.57 Å². The summed E-state index contributed by atoms with van der Waals surface area (Å²) in [6, 6.07) is 0. The molecule has 0 aromatic rings. The highest BCUT2D eigenvalue weighted by Gasteiger charge is 2.61. The molecule has 3 fully saturated rings. The molecule has 4 aliphatic rings. The minimum Gasteiger partial charge on any atom is -0.389 e. The lowest BCUT2D eigenvalue weighted by molar-refractivity contribution is -0.117. The first-order valence-electron chi connectivity index (χ1n) is 9.10. The van der Waals surface area contributed by atoms with Gasteiger partial charge in [0.2, 0.25) is 0 Å². The molecule has 0 spiro atoms. The van der Waals surface area contributed by atoms with Gasteiger partial charge in [0.25, 0.3) is 0 Å². The zero-order valence-corrected chi connectivity index (χ0v) is 15.1. The second kappa shape index (κ2) is 4.80. The summed E-state index contributed by atoms with van der Waals surface area (Å²) in [6.07, 6.45) is 4.47. The number of ether oxygens (including phenoxy) is 2. The van der Waals surface area contributed by atoms with Gasteiger partial charge < -0.3 is 14.6 Å². The molecule has 7 atom stereocenters. The molecule has 0 aromatic carbocycles. The first kappa shape index (κ1) is 16.5. The molecule has 0 radical (unpaired) electrons. The van der Waals surface area contributed by atoms with Crippen LogP contribution in [0.25, 0.3) is 0 Å². The predicted molar refractivity (Wildman–Crippen MR) is 90.5 cm³/mol. The minimum atomic E-state index is -0.629. The monoisotopic (exact) mass is 332 g/mol. The van der Waals surface area contributed by atoms with Gasteiger partial charge in [-0.1, -0.05) is 20.4 Å². The van der Waals surface area contributed by atoms with Gasteiger partial charge in [-0.3, -0.25) is 4.79 Å². The second-order valence-corrected chi connectivity index (χ2v) is 8.89. The summed E-state index contributed by atoms with van der Waals surface area (Å²) in [5.74, 6) is 0.0107. The van der Waals surface area contributed by atoms with Crippen molar-refractivity contribution in [2.45, 2.75) is 82.9 Å². The summed E-state index contributed by atoms with van der Waals surface area (Å²) >= 11 is 0. The van der Waals surface area contributed by atoms with Crippen LogP contribution in [0, 0.1) is 11.3 Å². The number of carbonyl (C=O) groups is 1. The van der Waals surface area contributed by atoms with Gasteiger partial charge in [-0.05, 0) is 62.5 Å². The first-order chi connectivity index (χ1) is 11.1. The molecular formula is C20H28O4. The molecule has 1 saturated carbocycles. The number of Topliss-reactive ketones (excluding diaryl/α,β-unsaturated/α-hetero) is 1. The number of allylic oxidation sites excluding steroid dienone is 1. The van der Waals surface area contributed by atoms with E-state index in [0.717, 1.165) is 31.3 Å². The topological polar surface area (TPSA) is 62.4 Å². The smallest absolute Gasteiger partial charge is 0.194 e. The lowest BCUT2D eigenvalue weighted by atomic mass is 9.61. The van der Waals surface area contributed by atoms with E-state index in [1.54, 1.807) is 6.08 Å². The average Bonchev–Trinajstić information content (AvgIpc) is 3.40. The Balaban J connectivity index is 1.73. The van der Waals surface area contributed by atoms with Gasteiger partial charge in [-0.25, -0.2) is 0 Å². The Bertz CT molecular complexity index is 652. The van der Waals surface area contributed by atoms with Crippen molar-refractivity contribution in [2.75, 3.05) is 0 Å². The number of ketones is 1. The van der Waals surface area contributed by atoms with Crippen LogP contribution in [0.1, 0.15) is 53.4 Å². The average molecular weight is 332 g/mol. The Hall–Kier alpha value is -0.970. The summed E-state index contributed by atoms with van der Waals surface area (Å²) in [7, 11) is 0. The van der Waals surface area contributed by atoms with Crippen molar-refractivity contribution < 1.29 is 19.4 Å². The summed E-state index contributed by atoms with van der Waals surface area (Å²) < 4.78 is 11.8. The number of rotatable bonds is 0. The lowest BCUT2D eigenvalue weighted by Crippen LogP contribution is -2.42. The van der Waals surface area contributed by atoms with E-state index in [1.165, 1.54) is 0 Å². The highest BCUT2D eigenvalue weighted by Crippen LogP contribution is 2.55. The van der Waals surface area contributed by atoms with Crippen molar-refractivity contribution in [3.8, 4) is 0 Å². The molecular weight excluding hydrogens is 304 g/mol. The lowest BCUT2D eigenvalue weighted by Gasteiger charge is -2.44. The molecule has 132 valence electrons. The number of epoxide rings is 2. The minimum absolute atomic E-state index is 0.0141. The van der Waals surface area contributed by atoms with Crippen LogP contribution in [0.3, 0.4) is 0 Å². The number of hydrogen-bond donors (Lipinski definition) is 1. The van der Waals surface area contributed by atoms with E-state index >= 15 is 0 Å². The van der Waals surface area contributed by atoms with Gasteiger partial charge in [0.1, 0.15) is 11.7 Å². The molecule has 2 aliphatic carbocycles. The zero-order chi connectivity index (χ0) is 17.5. The summed E-state index contributed by atoms with van der Waals surface area (Å²) in [5, 5.41) is 10.6. The van der Waals surface area contributed by atoms with E-state index in [2.05, 4.69) is 20.4 Å². The highest BCUT2D eigenvalue weighted by molar-refractivity contribution is 6.05. The molecule has 0 amide bonds. The predicted octanol–water partition coefficient (Wildman–Crippen LogP) is 2.94. The van der Waals surface area contributed by atoms with Crippen molar-refractivity contribution in [1.82, 2.24) is 0 Å². The standard InChI is InChI=1S/C20H28O4/c1-11-13-10-14(21)12(2)18(11,3)8-9-19(4)15(23-19)6-7-20(5)17(24-20)16(13)22/h10,12,14-15,17,21H,1,6-9H2,2-5H3/t12-,14+,15+,17-,18-,19-,20-/m1/s1. The van der Waals surface area contributed by atoms with Crippen LogP contribution < -0.4 is 0 Å². The Labute approximate surface area is 143 Å². The maximum absolute atomic E-state index is 13.0. The van der Waals surface area contributed by atoms with Gasteiger partial charge in [-0.2, -0.15) is 0 Å². The van der Waals surface area contributed by atoms with Crippen molar-refractivity contribution in [1.29, 1.82) is 0 Å². The fourth-order valence-corrected chi connectivity index (χ4v) is 4.68. The Morgan fingerprint density at radius 1 is 1.17 bits per heavy atom. The van der Waals surface area contributed by atoms with Crippen LogP contribution in [0.2, 0.25) is 0 Å². The van der Waals surface area contributed by atoms with Crippen LogP contribution in [-0.4, -0.2) is 40.4 Å². The van der Waals surface area contributed by atoms with Crippen LogP contribution in [0.4, 0.5) is 0 Å². The Kier molecular flexibility index (Phi) is 3.30. The van der Waals surface area contributed by atoms with Crippen LogP contribution >= 0.6 is 0 Å². The number of hydrogen-bond acceptors (Lipinski definition) is 4. The SMILES string of the molecule is C=C1C2=C[C@H](O)[C@@H](C)[C@]1(C)CC[C@@]1(C)O[C@H]1CC[C@@]1(C)O[C@@H]1C2=O. The van der Waals surface area contributed by atoms with Gasteiger partial charge in [-0.15, -0.1) is 0 Å². The third kappa shape index (κ3) is 2.19. The highest BCUT2D eigenvalue weighted by atomic mass is 16.6. The first-order valence-corrected chi connectivity index (χ1v) is 9.10. The number of carbonyl (C=O) groups excluding carboxylic acids is 1. The van der Waals surface area contributed by atoms with Crippen LogP contribution in [0.5, 0.6) is 0 Å². The van der Waals surface area contributed by atoms with E-state index < -0.39 is 17.8 Å². The molecule has 0 aromatic heterocycles. The van der Waals surface area contributed by atoms with Crippen LogP contribution in [-0.2, 0) is 14.3 Å². The van der Waals surface area contributed by atoms with Crippen molar-refractivity contribution >= 4 is 5.78 Å². The summed E-state index contributed by atoms with van der Waals surface area (Å²) in [5.41, 5.74) is 0.650. The van der Waals surface area contributed by atoms with Crippen LogP contribution in [0.15, 0.2) is 23.8 Å². The molecule has 0 unspecified atom stereocenters. The molecule has 24 heavy (non-hydrogen) atoms. The zero-order valence-electron chi connectivity index (χ0n) is 15.1. The van der Waals surface area contributed by atoms with E-state index in [1.807, 2.05) is 13.8 Å². The molecule has 2 bridgehead atoms. The van der Waals surface area contributed by atoms with Crippen molar-refractivity contribution in [3.05, 3.63) is 23.8 Å². The number of aliphatic hydroxyl groups excluding tert-OH is 1. The second-order valence-electron chi connectivity index (χ2n) is 8.89. The molecule has 2 heterocycles. The van der Waals surface area contributed by atoms with E-state index in [-0.39, 0.29) is 28.8 Å². The fourth-order valence-electron chi connectivity index (χ4n) is 4.68. The molecule has 2 aliphatic heterocycles. The number of fused-ring (bicyclic) bond motifs is 4. The maximum atomic E-state index is 13.0. The summed E-state index contributed by atoms with van der Waals surface area (Å²) in [6.45, 7) is 12.6. The molecule has 2 saturated heterocycles. The third-order valence-electron chi connectivity index (χ3n) is 7.34. The Morgan fingerprint density at radius 3 is 2.58 bits per heavy atom. The van der Waals surface area contributed by atoms with E-state index in [4.69, 9.17) is 9.47 Å². The Morgan fingerprint density at radius 2 is 1.88 bits per heavy atom. The fraction of sp³-hybridized carbons (Fsp3) is 0.750. The molecule has 4 heteroatoms. The maximum Gasteiger partial charge on any atom is 0.194 e. The van der Waals surface area contributed by atoms with E-state index in [9.17, 15) is 9.90 Å². The van der Waals surface area contributed by atoms with E-state index in [0.29, 0.717) is 5.57 Å². The summed E-state index contributed by atoms with van der Waals surface area (Å²) in [4.78, 5) is 13.0. The quantitative estimate of drug-likeness (QED) is 0.693. The van der Waals surface area contributed by atoms with Crippen molar-refractivity contribution in [2.24, 2.45) is 11.3 Å². The molecule has 4 nitrogen and oxygen atoms in total. The number of aliphatic hydroxyl groups is 1. The normalized spacial score (nSPS) is 54.0.